The lowest BCUT2D eigenvalue weighted by atomic mass is 10.5. The molecule has 0 fully saturated rings. The number of amides is 2. The summed E-state index contributed by atoms with van der Waals surface area (Å²) in [6.07, 6.45) is 1.26. The Morgan fingerprint density at radius 2 is 2.36 bits per heavy atom. The number of hydrogen-bond acceptors (Lipinski definition) is 5. The van der Waals surface area contributed by atoms with Crippen molar-refractivity contribution in [3.63, 3.8) is 0 Å². The van der Waals surface area contributed by atoms with Crippen LogP contribution in [0.1, 0.15) is 0 Å². The summed E-state index contributed by atoms with van der Waals surface area (Å²) >= 11 is 0. The van der Waals surface area contributed by atoms with E-state index in [4.69, 9.17) is 11.5 Å². The van der Waals surface area contributed by atoms with E-state index < -0.39 is 6.03 Å². The highest BCUT2D eigenvalue weighted by molar-refractivity contribution is 5.90. The summed E-state index contributed by atoms with van der Waals surface area (Å²) in [5.41, 5.74) is 10.4. The number of carbonyl (C=O) groups is 1. The molecule has 0 aliphatic rings. The second-order valence-corrected chi connectivity index (χ2v) is 1.72. The van der Waals surface area contributed by atoms with E-state index in [1.54, 1.807) is 0 Å². The van der Waals surface area contributed by atoms with E-state index >= 15 is 0 Å². The molecule has 0 aliphatic carbocycles. The first-order chi connectivity index (χ1) is 5.20. The van der Waals surface area contributed by atoms with Crippen molar-refractivity contribution in [2.45, 2.75) is 0 Å². The van der Waals surface area contributed by atoms with Crippen molar-refractivity contribution in [3.05, 3.63) is 6.20 Å². The fourth-order valence-corrected chi connectivity index (χ4v) is 0.507. The smallest absolute Gasteiger partial charge is 0.316 e. The number of nitrogens with two attached hydrogens (primary N) is 2. The van der Waals surface area contributed by atoms with Crippen LogP contribution in [0.2, 0.25) is 0 Å². The number of anilines is 2. The average molecular weight is 154 g/mol. The molecule has 1 heterocycles. The summed E-state index contributed by atoms with van der Waals surface area (Å²) < 4.78 is 0. The van der Waals surface area contributed by atoms with E-state index in [1.807, 2.05) is 0 Å². The van der Waals surface area contributed by atoms with E-state index in [9.17, 15) is 4.79 Å². The van der Waals surface area contributed by atoms with Gasteiger partial charge in [0.15, 0.2) is 5.82 Å². The van der Waals surface area contributed by atoms with Crippen LogP contribution in [0, 0.1) is 0 Å². The van der Waals surface area contributed by atoms with Crippen LogP contribution >= 0.6 is 0 Å². The quantitative estimate of drug-likeness (QED) is 0.476. The van der Waals surface area contributed by atoms with Gasteiger partial charge in [0.2, 0.25) is 0 Å². The first kappa shape index (κ1) is 7.19. The largest absolute Gasteiger partial charge is 0.380 e. The Balaban J connectivity index is 2.86. The third-order valence-electron chi connectivity index (χ3n) is 0.925. The third kappa shape index (κ3) is 1.75. The van der Waals surface area contributed by atoms with Gasteiger partial charge in [-0.25, -0.2) is 4.79 Å². The van der Waals surface area contributed by atoms with Gasteiger partial charge in [0.1, 0.15) is 5.69 Å². The number of aromatic nitrogens is 3. The summed E-state index contributed by atoms with van der Waals surface area (Å²) in [5.74, 6) is 0.0822. The maximum atomic E-state index is 10.3. The van der Waals surface area contributed by atoms with Gasteiger partial charge in [0, 0.05) is 0 Å². The number of rotatable bonds is 1. The van der Waals surface area contributed by atoms with Gasteiger partial charge in [-0.2, -0.15) is 0 Å². The molecular formula is C4H6N6O. The number of nitrogens with zero attached hydrogens (tertiary/aromatic N) is 3. The molecular weight excluding hydrogens is 148 g/mol. The molecule has 0 aromatic carbocycles. The molecule has 7 heteroatoms. The molecule has 1 aromatic heterocycles. The average Bonchev–Trinajstić information content (AvgIpc) is 1.93. The molecule has 1 aromatic rings. The molecule has 0 radical (unpaired) electrons. The maximum Gasteiger partial charge on any atom is 0.316 e. The Morgan fingerprint density at radius 1 is 1.64 bits per heavy atom. The van der Waals surface area contributed by atoms with Crippen LogP contribution in [0.3, 0.4) is 0 Å². The summed E-state index contributed by atoms with van der Waals surface area (Å²) in [4.78, 5) is 10.3. The number of carbonyl (C=O) groups excluding carboxylic acids is 1. The van der Waals surface area contributed by atoms with E-state index in [1.165, 1.54) is 6.20 Å². The normalized spacial score (nSPS) is 9.09. The zero-order valence-corrected chi connectivity index (χ0v) is 5.48. The lowest BCUT2D eigenvalue weighted by molar-refractivity contribution is 0.259. The molecule has 11 heavy (non-hydrogen) atoms. The summed E-state index contributed by atoms with van der Waals surface area (Å²) in [6, 6.07) is -0.716. The Hall–Kier alpha value is -1.92. The fourth-order valence-electron chi connectivity index (χ4n) is 0.507. The number of hydrogen-bond donors (Lipinski definition) is 3. The van der Waals surface area contributed by atoms with Crippen LogP contribution in [0.4, 0.5) is 16.3 Å². The highest BCUT2D eigenvalue weighted by atomic mass is 16.2. The lowest BCUT2D eigenvalue weighted by Crippen LogP contribution is -2.20. The predicted octanol–water partition coefficient (Wildman–Crippen LogP) is -1.06. The molecule has 0 saturated carbocycles. The second-order valence-electron chi connectivity index (χ2n) is 1.72. The molecule has 0 spiro atoms. The molecule has 0 saturated heterocycles. The topological polar surface area (TPSA) is 120 Å². The lowest BCUT2D eigenvalue weighted by Gasteiger charge is -2.00. The fraction of sp³-hybridized carbons (Fsp3) is 0. The minimum atomic E-state index is -0.716. The van der Waals surface area contributed by atoms with Crippen LogP contribution in [0.5, 0.6) is 0 Å². The monoisotopic (exact) mass is 154 g/mol. The van der Waals surface area contributed by atoms with E-state index in [0.717, 1.165) is 0 Å². The Bertz CT molecular complexity index is 273. The van der Waals surface area contributed by atoms with Gasteiger partial charge in [-0.1, -0.05) is 0 Å². The number of nitrogens with one attached hydrogen (secondary N) is 1. The Morgan fingerprint density at radius 3 is 2.91 bits per heavy atom. The molecule has 0 bridgehead atoms. The third-order valence-corrected chi connectivity index (χ3v) is 0.925. The molecule has 2 amide bonds. The van der Waals surface area contributed by atoms with Crippen molar-refractivity contribution in [1.82, 2.24) is 15.4 Å². The number of nitrogen functional groups attached to an aromatic ring is 1. The maximum absolute atomic E-state index is 10.3. The van der Waals surface area contributed by atoms with Crippen molar-refractivity contribution in [1.29, 1.82) is 0 Å². The molecule has 7 nitrogen and oxygen atoms in total. The number of urea groups is 1. The number of primary amides is 1. The second kappa shape index (κ2) is 2.78. The van der Waals surface area contributed by atoms with Crippen molar-refractivity contribution in [2.75, 3.05) is 11.1 Å². The summed E-state index contributed by atoms with van der Waals surface area (Å²) in [7, 11) is 0. The van der Waals surface area contributed by atoms with Gasteiger partial charge in [-0.3, -0.25) is 0 Å². The molecule has 58 valence electrons. The van der Waals surface area contributed by atoms with E-state index in [0.29, 0.717) is 0 Å². The molecule has 0 aliphatic heterocycles. The molecule has 0 atom stereocenters. The minimum Gasteiger partial charge on any atom is -0.380 e. The zero-order chi connectivity index (χ0) is 8.27. The van der Waals surface area contributed by atoms with Crippen molar-refractivity contribution in [2.24, 2.45) is 5.73 Å². The minimum absolute atomic E-state index is 0.0822. The van der Waals surface area contributed by atoms with Gasteiger partial charge in [-0.15, -0.1) is 10.2 Å². The van der Waals surface area contributed by atoms with Crippen molar-refractivity contribution >= 4 is 17.5 Å². The van der Waals surface area contributed by atoms with Crippen molar-refractivity contribution in [3.8, 4) is 0 Å². The predicted molar refractivity (Wildman–Crippen MR) is 37.4 cm³/mol. The highest BCUT2D eigenvalue weighted by Gasteiger charge is 2.01. The Kier molecular flexibility index (Phi) is 1.81. The SMILES string of the molecule is NC(=O)Nc1cnnnc1N. The van der Waals surface area contributed by atoms with Gasteiger partial charge in [0.05, 0.1) is 6.20 Å². The van der Waals surface area contributed by atoms with Gasteiger partial charge >= 0.3 is 6.03 Å². The summed E-state index contributed by atoms with van der Waals surface area (Å²) in [5, 5.41) is 12.2. The molecule has 1 rings (SSSR count). The molecule has 0 unspecified atom stereocenters. The molecule has 5 N–H and O–H groups in total. The van der Waals surface area contributed by atoms with E-state index in [2.05, 4.69) is 20.7 Å². The standard InChI is InChI=1S/C4H6N6O/c5-3-2(8-4(6)11)1-7-10-9-3/h1H,(H2,5,7,9)(H3,6,8,10,11). The van der Waals surface area contributed by atoms with Crippen LogP contribution < -0.4 is 16.8 Å². The van der Waals surface area contributed by atoms with Crippen molar-refractivity contribution < 1.29 is 4.79 Å². The Labute approximate surface area is 61.8 Å². The highest BCUT2D eigenvalue weighted by Crippen LogP contribution is 2.09. The van der Waals surface area contributed by atoms with Crippen LogP contribution in [0.25, 0.3) is 0 Å². The van der Waals surface area contributed by atoms with E-state index in [-0.39, 0.29) is 11.5 Å². The first-order valence-electron chi connectivity index (χ1n) is 2.70. The first-order valence-corrected chi connectivity index (χ1v) is 2.70. The van der Waals surface area contributed by atoms with Crippen LogP contribution in [-0.4, -0.2) is 21.4 Å². The van der Waals surface area contributed by atoms with Crippen LogP contribution in [-0.2, 0) is 0 Å². The van der Waals surface area contributed by atoms with Gasteiger partial charge in [0.25, 0.3) is 0 Å². The van der Waals surface area contributed by atoms with Gasteiger partial charge in [-0.05, 0) is 5.21 Å². The summed E-state index contributed by atoms with van der Waals surface area (Å²) in [6.45, 7) is 0. The zero-order valence-electron chi connectivity index (χ0n) is 5.48. The van der Waals surface area contributed by atoms with Gasteiger partial charge < -0.3 is 16.8 Å². The van der Waals surface area contributed by atoms with Crippen LogP contribution in [0.15, 0.2) is 6.20 Å².